The lowest BCUT2D eigenvalue weighted by Gasteiger charge is -2.09. The predicted molar refractivity (Wildman–Crippen MR) is 93.6 cm³/mol. The topological polar surface area (TPSA) is 48.6 Å². The van der Waals surface area contributed by atoms with Crippen LogP contribution in [-0.4, -0.2) is 35.4 Å². The van der Waals surface area contributed by atoms with Crippen molar-refractivity contribution in [2.45, 2.75) is 13.1 Å². The number of aryl methyl sites for hydroxylation is 2. The number of alkyl halides is 3. The van der Waals surface area contributed by atoms with Gasteiger partial charge in [-0.25, -0.2) is 9.07 Å². The molecule has 0 bridgehead atoms. The molecule has 5 nitrogen and oxygen atoms in total. The highest BCUT2D eigenvalue weighted by atomic mass is 35.5. The van der Waals surface area contributed by atoms with Gasteiger partial charge in [0, 0.05) is 12.1 Å². The Hall–Kier alpha value is -2.55. The van der Waals surface area contributed by atoms with Gasteiger partial charge in [-0.15, -0.1) is 0 Å². The van der Waals surface area contributed by atoms with Crippen molar-refractivity contribution in [2.75, 3.05) is 13.2 Å². The zero-order valence-electron chi connectivity index (χ0n) is 14.4. The van der Waals surface area contributed by atoms with Gasteiger partial charge in [-0.2, -0.15) is 18.3 Å². The summed E-state index contributed by atoms with van der Waals surface area (Å²) in [4.78, 5) is 4.85. The van der Waals surface area contributed by atoms with Gasteiger partial charge < -0.3 is 9.57 Å². The molecule has 0 atom stereocenters. The van der Waals surface area contributed by atoms with Crippen LogP contribution < -0.4 is 4.74 Å². The number of hydrogen-bond donors (Lipinski definition) is 0. The Kier molecular flexibility index (Phi) is 6.84. The summed E-state index contributed by atoms with van der Waals surface area (Å²) < 4.78 is 56.7. The summed E-state index contributed by atoms with van der Waals surface area (Å²) in [6, 6.07) is 6.50. The minimum Gasteiger partial charge on any atom is -0.468 e. The van der Waals surface area contributed by atoms with E-state index < -0.39 is 25.2 Å². The zero-order chi connectivity index (χ0) is 20.0. The number of benzene rings is 1. The number of nitrogens with zero attached hydrogens (tertiary/aromatic N) is 3. The first-order valence-electron chi connectivity index (χ1n) is 7.66. The number of halogens is 5. The van der Waals surface area contributed by atoms with Gasteiger partial charge in [0.15, 0.2) is 13.2 Å². The normalized spacial score (nSPS) is 12.6. The van der Waals surface area contributed by atoms with E-state index >= 15 is 0 Å². The van der Waals surface area contributed by atoms with Crippen LogP contribution in [0.4, 0.5) is 17.6 Å². The minimum atomic E-state index is -4.49. The quantitative estimate of drug-likeness (QED) is 0.381. The predicted octanol–water partition coefficient (Wildman–Crippen LogP) is 4.68. The second-order valence-electron chi connectivity index (χ2n) is 5.48. The number of aromatic nitrogens is 2. The first kappa shape index (κ1) is 20.8. The molecular formula is C17H16ClF4N3O2. The fourth-order valence-corrected chi connectivity index (χ4v) is 2.22. The van der Waals surface area contributed by atoms with Crippen molar-refractivity contribution in [3.63, 3.8) is 0 Å². The second kappa shape index (κ2) is 8.90. The molecule has 0 unspecified atom stereocenters. The van der Waals surface area contributed by atoms with Crippen LogP contribution in [0.25, 0.3) is 6.08 Å². The number of rotatable bonds is 7. The Morgan fingerprint density at radius 1 is 1.30 bits per heavy atom. The molecule has 0 aliphatic rings. The van der Waals surface area contributed by atoms with Crippen LogP contribution >= 0.6 is 11.6 Å². The Morgan fingerprint density at radius 3 is 2.59 bits per heavy atom. The van der Waals surface area contributed by atoms with E-state index in [9.17, 15) is 17.6 Å². The molecule has 10 heteroatoms. The molecule has 2 rings (SSSR count). The van der Waals surface area contributed by atoms with E-state index in [0.29, 0.717) is 16.3 Å². The standard InChI is InChI=1S/C17H16ClF4N3O2/c1-11-15(16(25(2)24-11)26-10-17(20,21)22)8-23-27-9-14(19)7-12-3-5-13(18)6-4-12/h3-8H,9-10H2,1-2H3. The average Bonchev–Trinajstić information content (AvgIpc) is 2.84. The average molecular weight is 406 g/mol. The van der Waals surface area contributed by atoms with Crippen molar-refractivity contribution in [2.24, 2.45) is 12.2 Å². The minimum absolute atomic E-state index is 0.116. The van der Waals surface area contributed by atoms with Crippen LogP contribution in [0.2, 0.25) is 5.02 Å². The maximum atomic E-state index is 13.8. The largest absolute Gasteiger partial charge is 0.468 e. The molecule has 0 radical (unpaired) electrons. The van der Waals surface area contributed by atoms with Gasteiger partial charge >= 0.3 is 6.18 Å². The van der Waals surface area contributed by atoms with Gasteiger partial charge in [-0.3, -0.25) is 0 Å². The third kappa shape index (κ3) is 6.59. The molecular weight excluding hydrogens is 390 g/mol. The second-order valence-corrected chi connectivity index (χ2v) is 5.92. The summed E-state index contributed by atoms with van der Waals surface area (Å²) in [5, 5.41) is 8.08. The summed E-state index contributed by atoms with van der Waals surface area (Å²) in [5.41, 5.74) is 1.19. The SMILES string of the molecule is Cc1nn(C)c(OCC(F)(F)F)c1C=NOCC(F)=Cc1ccc(Cl)cc1. The first-order chi connectivity index (χ1) is 12.7. The molecule has 0 spiro atoms. The summed E-state index contributed by atoms with van der Waals surface area (Å²) in [5.74, 6) is -0.708. The molecule has 1 heterocycles. The molecule has 0 aliphatic carbocycles. The van der Waals surface area contributed by atoms with Crippen molar-refractivity contribution < 1.29 is 27.1 Å². The molecule has 27 heavy (non-hydrogen) atoms. The lowest BCUT2D eigenvalue weighted by Crippen LogP contribution is -2.20. The van der Waals surface area contributed by atoms with E-state index in [0.717, 1.165) is 10.9 Å². The van der Waals surface area contributed by atoms with Crippen LogP contribution in [0, 0.1) is 6.92 Å². The fourth-order valence-electron chi connectivity index (χ4n) is 2.09. The number of ether oxygens (including phenoxy) is 1. The van der Waals surface area contributed by atoms with Crippen molar-refractivity contribution in [1.82, 2.24) is 9.78 Å². The first-order valence-corrected chi connectivity index (χ1v) is 8.03. The van der Waals surface area contributed by atoms with E-state index in [1.165, 1.54) is 13.1 Å². The molecule has 1 aromatic heterocycles. The molecule has 0 saturated carbocycles. The Balaban J connectivity index is 1.98. The van der Waals surface area contributed by atoms with Crippen molar-refractivity contribution in [3.8, 4) is 5.88 Å². The Labute approximate surface area is 157 Å². The van der Waals surface area contributed by atoms with Gasteiger partial charge in [0.1, 0.15) is 5.83 Å². The molecule has 0 aliphatic heterocycles. The molecule has 0 N–H and O–H groups in total. The maximum Gasteiger partial charge on any atom is 0.422 e. The summed E-state index contributed by atoms with van der Waals surface area (Å²) >= 11 is 5.75. The Bertz CT molecular complexity index is 830. The summed E-state index contributed by atoms with van der Waals surface area (Å²) in [6.45, 7) is -0.341. The molecule has 0 saturated heterocycles. The van der Waals surface area contributed by atoms with Crippen LogP contribution in [0.15, 0.2) is 35.2 Å². The van der Waals surface area contributed by atoms with E-state index in [1.54, 1.807) is 31.2 Å². The molecule has 1 aromatic carbocycles. The number of oxime groups is 1. The van der Waals surface area contributed by atoms with Crippen molar-refractivity contribution in [3.05, 3.63) is 51.9 Å². The highest BCUT2D eigenvalue weighted by Gasteiger charge is 2.30. The smallest absolute Gasteiger partial charge is 0.422 e. The van der Waals surface area contributed by atoms with Crippen LogP contribution in [0.5, 0.6) is 5.88 Å². The van der Waals surface area contributed by atoms with Crippen LogP contribution in [0.1, 0.15) is 16.8 Å². The fraction of sp³-hybridized carbons (Fsp3) is 0.294. The van der Waals surface area contributed by atoms with E-state index in [4.69, 9.17) is 21.2 Å². The van der Waals surface area contributed by atoms with Gasteiger partial charge in [-0.1, -0.05) is 28.9 Å². The number of hydrogen-bond acceptors (Lipinski definition) is 4. The third-order valence-corrected chi connectivity index (χ3v) is 3.49. The van der Waals surface area contributed by atoms with Gasteiger partial charge in [0.2, 0.25) is 5.88 Å². The van der Waals surface area contributed by atoms with Gasteiger partial charge in [0.05, 0.1) is 17.5 Å². The Morgan fingerprint density at radius 2 is 1.96 bits per heavy atom. The molecule has 146 valence electrons. The highest BCUT2D eigenvalue weighted by molar-refractivity contribution is 6.30. The summed E-state index contributed by atoms with van der Waals surface area (Å²) in [7, 11) is 1.44. The third-order valence-electron chi connectivity index (χ3n) is 3.24. The monoisotopic (exact) mass is 405 g/mol. The van der Waals surface area contributed by atoms with Crippen LogP contribution in [0.3, 0.4) is 0 Å². The maximum absolute atomic E-state index is 13.8. The summed E-state index contributed by atoms with van der Waals surface area (Å²) in [6.07, 6.45) is -2.11. The van der Waals surface area contributed by atoms with Crippen molar-refractivity contribution >= 4 is 23.9 Å². The molecule has 0 fully saturated rings. The van der Waals surface area contributed by atoms with Crippen LogP contribution in [-0.2, 0) is 11.9 Å². The van der Waals surface area contributed by atoms with Crippen molar-refractivity contribution in [1.29, 1.82) is 0 Å². The molecule has 0 amide bonds. The zero-order valence-corrected chi connectivity index (χ0v) is 15.2. The van der Waals surface area contributed by atoms with E-state index in [-0.39, 0.29) is 11.4 Å². The van der Waals surface area contributed by atoms with Gasteiger partial charge in [-0.05, 0) is 30.7 Å². The lowest BCUT2D eigenvalue weighted by molar-refractivity contribution is -0.154. The van der Waals surface area contributed by atoms with E-state index in [1.807, 2.05) is 0 Å². The highest BCUT2D eigenvalue weighted by Crippen LogP contribution is 2.23. The lowest BCUT2D eigenvalue weighted by atomic mass is 10.2. The molecule has 2 aromatic rings. The van der Waals surface area contributed by atoms with E-state index in [2.05, 4.69) is 10.3 Å². The van der Waals surface area contributed by atoms with Gasteiger partial charge in [0.25, 0.3) is 0 Å².